The van der Waals surface area contributed by atoms with Crippen LogP contribution in [0.15, 0.2) is 60.7 Å². The molecule has 0 bridgehead atoms. The monoisotopic (exact) mass is 300 g/mol. The first-order valence-corrected chi connectivity index (χ1v) is 6.43. The van der Waals surface area contributed by atoms with E-state index in [1.807, 2.05) is 12.1 Å². The maximum Gasteiger partial charge on any atom is 0.519 e. The van der Waals surface area contributed by atoms with E-state index in [1.54, 1.807) is 48.5 Å². The lowest BCUT2D eigenvalue weighted by molar-refractivity contribution is 0.152. The molecule has 0 fully saturated rings. The van der Waals surface area contributed by atoms with Crippen LogP contribution in [-0.2, 0) is 0 Å². The molecule has 5 heteroatoms. The van der Waals surface area contributed by atoms with E-state index < -0.39 is 6.16 Å². The van der Waals surface area contributed by atoms with Gasteiger partial charge in [-0.05, 0) is 24.3 Å². The second-order valence-electron chi connectivity index (χ2n) is 3.75. The molecule has 0 aliphatic rings. The zero-order valence-corrected chi connectivity index (χ0v) is 11.8. The second kappa shape index (κ2) is 10.9. The number of benzene rings is 2. The summed E-state index contributed by atoms with van der Waals surface area (Å²) >= 11 is 0. The van der Waals surface area contributed by atoms with Crippen molar-refractivity contribution in [3.8, 4) is 23.3 Å². The van der Waals surface area contributed by atoms with Crippen molar-refractivity contribution in [2.75, 3.05) is 13.2 Å². The Kier molecular flexibility index (Phi) is 8.56. The SMILES string of the molecule is O=C(Oc1ccccc1)Oc1ccccc1.OCC#CCO. The molecule has 0 radical (unpaired) electrons. The Hall–Kier alpha value is -2.81. The molecule has 0 saturated heterocycles. The quantitative estimate of drug-likeness (QED) is 0.505. The van der Waals surface area contributed by atoms with Crippen LogP contribution < -0.4 is 9.47 Å². The standard InChI is InChI=1S/C13H10O3.C4H6O2/c14-13(15-11-7-3-1-4-8-11)16-12-9-5-2-6-10-12;5-3-1-2-4-6/h1-10H;5-6H,3-4H2. The van der Waals surface area contributed by atoms with E-state index in [-0.39, 0.29) is 13.2 Å². The van der Waals surface area contributed by atoms with Gasteiger partial charge in [0.05, 0.1) is 0 Å². The highest BCUT2D eigenvalue weighted by Gasteiger charge is 2.06. The molecule has 0 heterocycles. The lowest BCUT2D eigenvalue weighted by atomic mass is 10.3. The van der Waals surface area contributed by atoms with Crippen LogP contribution in [0.4, 0.5) is 4.79 Å². The third kappa shape index (κ3) is 7.70. The average molecular weight is 300 g/mol. The Labute approximate surface area is 128 Å². The molecule has 0 aromatic heterocycles. The fourth-order valence-corrected chi connectivity index (χ4v) is 1.30. The van der Waals surface area contributed by atoms with E-state index in [1.165, 1.54) is 0 Å². The van der Waals surface area contributed by atoms with Crippen molar-refractivity contribution in [1.29, 1.82) is 0 Å². The first-order chi connectivity index (χ1) is 10.8. The number of carbonyl (C=O) groups is 1. The van der Waals surface area contributed by atoms with Crippen LogP contribution in [0.5, 0.6) is 11.5 Å². The highest BCUT2D eigenvalue weighted by Crippen LogP contribution is 2.12. The van der Waals surface area contributed by atoms with E-state index in [0.29, 0.717) is 11.5 Å². The summed E-state index contributed by atoms with van der Waals surface area (Å²) in [5.74, 6) is 5.43. The van der Waals surface area contributed by atoms with Gasteiger partial charge in [0.25, 0.3) is 0 Å². The number of aliphatic hydroxyl groups excluding tert-OH is 2. The molecule has 2 rings (SSSR count). The van der Waals surface area contributed by atoms with Crippen LogP contribution in [0.2, 0.25) is 0 Å². The van der Waals surface area contributed by atoms with Crippen molar-refractivity contribution in [3.05, 3.63) is 60.7 Å². The van der Waals surface area contributed by atoms with Gasteiger partial charge in [0.15, 0.2) is 0 Å². The maximum absolute atomic E-state index is 11.3. The number of carbonyl (C=O) groups excluding carboxylic acids is 1. The highest BCUT2D eigenvalue weighted by atomic mass is 16.7. The van der Waals surface area contributed by atoms with Gasteiger partial charge in [-0.1, -0.05) is 48.2 Å². The van der Waals surface area contributed by atoms with E-state index >= 15 is 0 Å². The smallest absolute Gasteiger partial charge is 0.395 e. The number of aliphatic hydroxyl groups is 2. The summed E-state index contributed by atoms with van der Waals surface area (Å²) in [4.78, 5) is 11.3. The summed E-state index contributed by atoms with van der Waals surface area (Å²) in [5.41, 5.74) is 0. The Morgan fingerprint density at radius 2 is 1.14 bits per heavy atom. The average Bonchev–Trinajstić information content (AvgIpc) is 2.55. The summed E-state index contributed by atoms with van der Waals surface area (Å²) in [7, 11) is 0. The van der Waals surface area contributed by atoms with Gasteiger partial charge in [0, 0.05) is 0 Å². The molecule has 0 aliphatic heterocycles. The van der Waals surface area contributed by atoms with Crippen molar-refractivity contribution in [2.24, 2.45) is 0 Å². The first-order valence-electron chi connectivity index (χ1n) is 6.43. The molecule has 0 aliphatic carbocycles. The topological polar surface area (TPSA) is 76.0 Å². The molecule has 0 saturated carbocycles. The van der Waals surface area contributed by atoms with Crippen molar-refractivity contribution < 1.29 is 24.5 Å². The first kappa shape index (κ1) is 17.2. The van der Waals surface area contributed by atoms with Crippen LogP contribution >= 0.6 is 0 Å². The molecule has 2 N–H and O–H groups in total. The Bertz CT molecular complexity index is 548. The maximum atomic E-state index is 11.3. The van der Waals surface area contributed by atoms with Gasteiger partial charge in [0.2, 0.25) is 0 Å². The molecule has 0 spiro atoms. The number of para-hydroxylation sites is 2. The zero-order valence-electron chi connectivity index (χ0n) is 11.8. The minimum absolute atomic E-state index is 0.166. The minimum atomic E-state index is -0.739. The van der Waals surface area contributed by atoms with E-state index in [9.17, 15) is 4.79 Å². The molecular weight excluding hydrogens is 284 g/mol. The van der Waals surface area contributed by atoms with Gasteiger partial charge >= 0.3 is 6.16 Å². The molecule has 0 amide bonds. The molecule has 0 atom stereocenters. The predicted octanol–water partition coefficient (Wildman–Crippen LogP) is 2.24. The predicted molar refractivity (Wildman–Crippen MR) is 81.5 cm³/mol. The fourth-order valence-electron chi connectivity index (χ4n) is 1.30. The summed E-state index contributed by atoms with van der Waals surface area (Å²) in [5, 5.41) is 15.8. The lowest BCUT2D eigenvalue weighted by Crippen LogP contribution is -2.13. The number of rotatable bonds is 2. The van der Waals surface area contributed by atoms with Crippen LogP contribution in [0.3, 0.4) is 0 Å². The van der Waals surface area contributed by atoms with Gasteiger partial charge in [-0.2, -0.15) is 0 Å². The number of ether oxygens (including phenoxy) is 2. The highest BCUT2D eigenvalue weighted by molar-refractivity contribution is 5.66. The van der Waals surface area contributed by atoms with Crippen LogP contribution in [0.25, 0.3) is 0 Å². The lowest BCUT2D eigenvalue weighted by Gasteiger charge is -2.04. The van der Waals surface area contributed by atoms with Crippen molar-refractivity contribution in [2.45, 2.75) is 0 Å². The van der Waals surface area contributed by atoms with Crippen molar-refractivity contribution >= 4 is 6.16 Å². The van der Waals surface area contributed by atoms with Crippen LogP contribution in [0, 0.1) is 11.8 Å². The minimum Gasteiger partial charge on any atom is -0.395 e. The largest absolute Gasteiger partial charge is 0.519 e. The van der Waals surface area contributed by atoms with E-state index in [2.05, 4.69) is 11.8 Å². The molecule has 5 nitrogen and oxygen atoms in total. The molecule has 2 aromatic rings. The number of hydrogen-bond acceptors (Lipinski definition) is 5. The van der Waals surface area contributed by atoms with Gasteiger partial charge in [-0.15, -0.1) is 0 Å². The molecule has 2 aromatic carbocycles. The fraction of sp³-hybridized carbons (Fsp3) is 0.118. The second-order valence-corrected chi connectivity index (χ2v) is 3.75. The Morgan fingerprint density at radius 3 is 1.45 bits per heavy atom. The van der Waals surface area contributed by atoms with Crippen LogP contribution in [-0.4, -0.2) is 29.6 Å². The van der Waals surface area contributed by atoms with Crippen molar-refractivity contribution in [3.63, 3.8) is 0 Å². The van der Waals surface area contributed by atoms with Gasteiger partial charge < -0.3 is 19.7 Å². The van der Waals surface area contributed by atoms with Crippen molar-refractivity contribution in [1.82, 2.24) is 0 Å². The van der Waals surface area contributed by atoms with Crippen LogP contribution in [0.1, 0.15) is 0 Å². The number of hydrogen-bond donors (Lipinski definition) is 2. The third-order valence-electron chi connectivity index (χ3n) is 2.17. The normalized spacial score (nSPS) is 8.64. The zero-order chi connectivity index (χ0) is 16.0. The summed E-state index contributed by atoms with van der Waals surface area (Å²) < 4.78 is 9.91. The van der Waals surface area contributed by atoms with Gasteiger partial charge in [-0.25, -0.2) is 4.79 Å². The van der Waals surface area contributed by atoms with Gasteiger partial charge in [0.1, 0.15) is 24.7 Å². The van der Waals surface area contributed by atoms with Gasteiger partial charge in [-0.3, -0.25) is 0 Å². The molecular formula is C17H16O5. The third-order valence-corrected chi connectivity index (χ3v) is 2.17. The van der Waals surface area contributed by atoms with E-state index in [4.69, 9.17) is 19.7 Å². The Balaban J connectivity index is 0.000000346. The summed E-state index contributed by atoms with van der Waals surface area (Å²) in [6.07, 6.45) is -0.739. The van der Waals surface area contributed by atoms with E-state index in [0.717, 1.165) is 0 Å². The molecule has 22 heavy (non-hydrogen) atoms. The summed E-state index contributed by atoms with van der Waals surface area (Å²) in [6, 6.07) is 17.6. The summed E-state index contributed by atoms with van der Waals surface area (Å²) in [6.45, 7) is -0.332. The molecule has 114 valence electrons. The molecule has 0 unspecified atom stereocenters. The Morgan fingerprint density at radius 1 is 0.773 bits per heavy atom.